The van der Waals surface area contributed by atoms with Gasteiger partial charge in [-0.25, -0.2) is 0 Å². The summed E-state index contributed by atoms with van der Waals surface area (Å²) in [5.74, 6) is 1.02. The summed E-state index contributed by atoms with van der Waals surface area (Å²) in [6, 6.07) is 5.87. The van der Waals surface area contributed by atoms with Crippen molar-refractivity contribution < 1.29 is 9.53 Å². The van der Waals surface area contributed by atoms with Crippen LogP contribution in [-0.4, -0.2) is 26.1 Å². The third kappa shape index (κ3) is 4.87. The van der Waals surface area contributed by atoms with Crippen molar-refractivity contribution >= 4 is 34.2 Å². The molecular formula is C15H22BrClN2O2. The highest BCUT2D eigenvalue weighted by Crippen LogP contribution is 2.28. The molecule has 21 heavy (non-hydrogen) atoms. The van der Waals surface area contributed by atoms with Crippen molar-refractivity contribution in [3.05, 3.63) is 28.2 Å². The molecule has 1 aliphatic heterocycles. The van der Waals surface area contributed by atoms with Crippen molar-refractivity contribution in [1.29, 1.82) is 0 Å². The fourth-order valence-corrected chi connectivity index (χ4v) is 3.00. The topological polar surface area (TPSA) is 50.4 Å². The molecular weight excluding hydrogens is 356 g/mol. The number of carbonyl (C=O) groups is 1. The van der Waals surface area contributed by atoms with E-state index in [2.05, 4.69) is 26.6 Å². The lowest BCUT2D eigenvalue weighted by Gasteiger charge is -2.24. The number of piperidine rings is 1. The Labute approximate surface area is 140 Å². The number of carbonyl (C=O) groups excluding carboxylic acids is 1. The van der Waals surface area contributed by atoms with Gasteiger partial charge >= 0.3 is 0 Å². The number of hydrogen-bond donors (Lipinski definition) is 2. The molecule has 1 amide bonds. The van der Waals surface area contributed by atoms with Gasteiger partial charge in [0.1, 0.15) is 5.75 Å². The van der Waals surface area contributed by atoms with Crippen LogP contribution in [-0.2, 0) is 4.79 Å². The molecule has 1 saturated heterocycles. The molecule has 2 atom stereocenters. The molecule has 4 nitrogen and oxygen atoms in total. The summed E-state index contributed by atoms with van der Waals surface area (Å²) in [6.07, 6.45) is 2.04. The summed E-state index contributed by atoms with van der Waals surface area (Å²) in [5.41, 5.74) is 1.06. The van der Waals surface area contributed by atoms with Crippen LogP contribution in [0, 0.1) is 5.92 Å². The van der Waals surface area contributed by atoms with Crippen LogP contribution < -0.4 is 15.4 Å². The summed E-state index contributed by atoms with van der Waals surface area (Å²) in [7, 11) is 1.64. The molecule has 2 rings (SSSR count). The number of amides is 1. The zero-order valence-electron chi connectivity index (χ0n) is 12.3. The highest BCUT2D eigenvalue weighted by Gasteiger charge is 2.22. The largest absolute Gasteiger partial charge is 0.496 e. The van der Waals surface area contributed by atoms with Crippen molar-refractivity contribution in [2.45, 2.75) is 25.8 Å². The Morgan fingerprint density at radius 2 is 2.29 bits per heavy atom. The van der Waals surface area contributed by atoms with E-state index in [0.717, 1.165) is 41.7 Å². The van der Waals surface area contributed by atoms with Gasteiger partial charge in [0.05, 0.1) is 23.5 Å². The van der Waals surface area contributed by atoms with Gasteiger partial charge in [-0.2, -0.15) is 0 Å². The number of benzene rings is 1. The van der Waals surface area contributed by atoms with Crippen LogP contribution >= 0.6 is 28.3 Å². The van der Waals surface area contributed by atoms with Gasteiger partial charge < -0.3 is 15.4 Å². The molecule has 1 aromatic rings. The van der Waals surface area contributed by atoms with Crippen LogP contribution in [0.3, 0.4) is 0 Å². The number of halogens is 2. The molecule has 2 N–H and O–H groups in total. The average molecular weight is 378 g/mol. The third-order valence-electron chi connectivity index (χ3n) is 3.70. The van der Waals surface area contributed by atoms with Crippen LogP contribution in [0.4, 0.5) is 0 Å². The Hall–Kier alpha value is -0.780. The van der Waals surface area contributed by atoms with Gasteiger partial charge in [0.25, 0.3) is 0 Å². The first-order valence-corrected chi connectivity index (χ1v) is 7.75. The smallest absolute Gasteiger partial charge is 0.224 e. The second kappa shape index (κ2) is 8.61. The summed E-state index contributed by atoms with van der Waals surface area (Å²) in [5, 5.41) is 6.36. The van der Waals surface area contributed by atoms with Crippen molar-refractivity contribution in [1.82, 2.24) is 10.6 Å². The Morgan fingerprint density at radius 3 is 2.86 bits per heavy atom. The lowest BCUT2D eigenvalue weighted by atomic mass is 9.98. The normalized spacial score (nSPS) is 19.3. The molecule has 1 heterocycles. The van der Waals surface area contributed by atoms with Crippen LogP contribution in [0.1, 0.15) is 31.4 Å². The molecule has 2 unspecified atom stereocenters. The van der Waals surface area contributed by atoms with Gasteiger partial charge in [0.15, 0.2) is 0 Å². The molecule has 0 radical (unpaired) electrons. The van der Waals surface area contributed by atoms with Crippen molar-refractivity contribution in [2.24, 2.45) is 5.92 Å². The SMILES string of the molecule is COc1ccc(C(C)NC(=O)C2CCCNC2)cc1Br.Cl. The fourth-order valence-electron chi connectivity index (χ4n) is 2.44. The Kier molecular flexibility index (Phi) is 7.49. The van der Waals surface area contributed by atoms with Crippen LogP contribution in [0.5, 0.6) is 5.75 Å². The molecule has 118 valence electrons. The van der Waals surface area contributed by atoms with E-state index < -0.39 is 0 Å². The molecule has 0 aromatic heterocycles. The first kappa shape index (κ1) is 18.3. The third-order valence-corrected chi connectivity index (χ3v) is 4.32. The molecule has 0 spiro atoms. The summed E-state index contributed by atoms with van der Waals surface area (Å²) in [6.45, 7) is 3.80. The quantitative estimate of drug-likeness (QED) is 0.848. The second-order valence-electron chi connectivity index (χ2n) is 5.17. The Bertz CT molecular complexity index is 479. The molecule has 1 aliphatic rings. The van der Waals surface area contributed by atoms with E-state index in [-0.39, 0.29) is 30.3 Å². The fraction of sp³-hybridized carbons (Fsp3) is 0.533. The van der Waals surface area contributed by atoms with E-state index in [4.69, 9.17) is 4.74 Å². The van der Waals surface area contributed by atoms with E-state index in [1.807, 2.05) is 25.1 Å². The lowest BCUT2D eigenvalue weighted by Crippen LogP contribution is -2.41. The van der Waals surface area contributed by atoms with Crippen molar-refractivity contribution in [3.63, 3.8) is 0 Å². The van der Waals surface area contributed by atoms with Gasteiger partial charge in [-0.05, 0) is 59.9 Å². The number of hydrogen-bond acceptors (Lipinski definition) is 3. The summed E-state index contributed by atoms with van der Waals surface area (Å²) < 4.78 is 6.11. The number of nitrogens with one attached hydrogen (secondary N) is 2. The molecule has 1 aromatic carbocycles. The summed E-state index contributed by atoms with van der Waals surface area (Å²) >= 11 is 3.47. The van der Waals surface area contributed by atoms with Crippen LogP contribution in [0.25, 0.3) is 0 Å². The van der Waals surface area contributed by atoms with E-state index in [1.165, 1.54) is 0 Å². The van der Waals surface area contributed by atoms with Gasteiger partial charge in [-0.15, -0.1) is 12.4 Å². The highest BCUT2D eigenvalue weighted by molar-refractivity contribution is 9.10. The Balaban J connectivity index is 0.00000220. The maximum Gasteiger partial charge on any atom is 0.224 e. The average Bonchev–Trinajstić information content (AvgIpc) is 2.48. The van der Waals surface area contributed by atoms with E-state index in [0.29, 0.717) is 0 Å². The second-order valence-corrected chi connectivity index (χ2v) is 6.02. The van der Waals surface area contributed by atoms with Gasteiger partial charge in [0.2, 0.25) is 5.91 Å². The van der Waals surface area contributed by atoms with Crippen molar-refractivity contribution in [2.75, 3.05) is 20.2 Å². The van der Waals surface area contributed by atoms with Gasteiger partial charge in [-0.3, -0.25) is 4.79 Å². The lowest BCUT2D eigenvalue weighted by molar-refractivity contribution is -0.126. The number of ether oxygens (including phenoxy) is 1. The molecule has 0 saturated carbocycles. The van der Waals surface area contributed by atoms with E-state index in [1.54, 1.807) is 7.11 Å². The first-order valence-electron chi connectivity index (χ1n) is 6.96. The maximum absolute atomic E-state index is 12.2. The predicted octanol–water partition coefficient (Wildman–Crippen LogP) is 3.06. The molecule has 1 fully saturated rings. The monoisotopic (exact) mass is 376 g/mol. The molecule has 0 aliphatic carbocycles. The maximum atomic E-state index is 12.2. The van der Waals surface area contributed by atoms with Gasteiger partial charge in [-0.1, -0.05) is 6.07 Å². The predicted molar refractivity (Wildman–Crippen MR) is 90.1 cm³/mol. The highest BCUT2D eigenvalue weighted by atomic mass is 79.9. The number of methoxy groups -OCH3 is 1. The Morgan fingerprint density at radius 1 is 1.52 bits per heavy atom. The van der Waals surface area contributed by atoms with Crippen LogP contribution in [0.15, 0.2) is 22.7 Å². The first-order chi connectivity index (χ1) is 9.61. The van der Waals surface area contributed by atoms with Crippen molar-refractivity contribution in [3.8, 4) is 5.75 Å². The number of rotatable bonds is 4. The minimum Gasteiger partial charge on any atom is -0.496 e. The zero-order chi connectivity index (χ0) is 14.5. The standard InChI is InChI=1S/C15H21BrN2O2.ClH/c1-10(11-5-6-14(20-2)13(16)8-11)18-15(19)12-4-3-7-17-9-12;/h5-6,8,10,12,17H,3-4,7,9H2,1-2H3,(H,18,19);1H. The molecule has 6 heteroatoms. The minimum atomic E-state index is -0.00775. The van der Waals surface area contributed by atoms with Gasteiger partial charge in [0, 0.05) is 6.54 Å². The zero-order valence-corrected chi connectivity index (χ0v) is 14.7. The van der Waals surface area contributed by atoms with E-state index >= 15 is 0 Å². The molecule has 0 bridgehead atoms. The van der Waals surface area contributed by atoms with E-state index in [9.17, 15) is 4.79 Å². The minimum absolute atomic E-state index is 0. The van der Waals surface area contributed by atoms with Crippen LogP contribution in [0.2, 0.25) is 0 Å². The summed E-state index contributed by atoms with van der Waals surface area (Å²) in [4.78, 5) is 12.2.